The Morgan fingerprint density at radius 3 is 2.05 bits per heavy atom. The van der Waals surface area contributed by atoms with Gasteiger partial charge in [-0.05, 0) is 104 Å². The van der Waals surface area contributed by atoms with E-state index in [-0.39, 0.29) is 40.4 Å². The molecule has 0 radical (unpaired) electrons. The highest BCUT2D eigenvalue weighted by Crippen LogP contribution is 2.76. The van der Waals surface area contributed by atoms with Gasteiger partial charge in [0.25, 0.3) is 0 Å². The van der Waals surface area contributed by atoms with Crippen molar-refractivity contribution in [1.29, 1.82) is 0 Å². The zero-order chi connectivity index (χ0) is 48.3. The number of allylic oxidation sites excluding steroid dienone is 2. The van der Waals surface area contributed by atoms with Crippen LogP contribution in [0.4, 0.5) is 0 Å². The van der Waals surface area contributed by atoms with Crippen molar-refractivity contribution in [2.75, 3.05) is 13.2 Å². The van der Waals surface area contributed by atoms with Crippen molar-refractivity contribution in [2.45, 2.75) is 198 Å². The lowest BCUT2D eigenvalue weighted by Crippen LogP contribution is -2.68. The Bertz CT molecular complexity index is 1880. The molecule has 3 heterocycles. The summed E-state index contributed by atoms with van der Waals surface area (Å²) in [6.45, 7) is 11.8. The largest absolute Gasteiger partial charge is 0.481 e. The number of aliphatic hydroxyl groups excluding tert-OH is 8. The van der Waals surface area contributed by atoms with Crippen molar-refractivity contribution in [3.63, 3.8) is 0 Å². The van der Waals surface area contributed by atoms with E-state index in [4.69, 9.17) is 28.4 Å². The number of hydrogen-bond donors (Lipinski definition) is 10. The topological polar surface area (TPSA) is 309 Å². The SMILES string of the molecule is CC1(C)CC[C@]2(C(=O)O)CC[C@]3(C)C(=CC[C@@H]4[C@@]5(C)CC[C@H](O[C@@H]6O[C@H](C(=O)O)[C@@H](O)[C@H](O[C@@H]7OC[C@@H](O)[C@H](O)[C@H]7O)[C@H]6O[C@@H]6O[C@H](CO)[C@H](O)[C@H](O)[C@H]6O)[C@@](C)(C=O)[C@H]5CC[C@]43C)[C@H]2C1. The van der Waals surface area contributed by atoms with Gasteiger partial charge in [-0.25, -0.2) is 4.79 Å². The maximum absolute atomic E-state index is 13.8. The lowest BCUT2D eigenvalue weighted by Gasteiger charge is -2.71. The van der Waals surface area contributed by atoms with Crippen molar-refractivity contribution >= 4 is 18.2 Å². The Labute approximate surface area is 384 Å². The molecular weight excluding hydrogens is 868 g/mol. The minimum atomic E-state index is -2.12. The summed E-state index contributed by atoms with van der Waals surface area (Å²) in [4.78, 5) is 39.7. The van der Waals surface area contributed by atoms with E-state index in [1.54, 1.807) is 6.92 Å². The average Bonchev–Trinajstić information content (AvgIpc) is 3.26. The van der Waals surface area contributed by atoms with Crippen LogP contribution in [0.5, 0.6) is 0 Å². The van der Waals surface area contributed by atoms with Crippen molar-refractivity contribution in [2.24, 2.45) is 50.2 Å². The van der Waals surface area contributed by atoms with Crippen LogP contribution in [-0.2, 0) is 42.8 Å². The predicted octanol–water partition coefficient (Wildman–Crippen LogP) is 0.617. The second kappa shape index (κ2) is 17.6. The minimum absolute atomic E-state index is 0.000855. The minimum Gasteiger partial charge on any atom is -0.481 e. The Morgan fingerprint density at radius 2 is 1.39 bits per heavy atom. The number of fused-ring (bicyclic) bond motifs is 7. The quantitative estimate of drug-likeness (QED) is 0.0815. The van der Waals surface area contributed by atoms with Gasteiger partial charge in [0, 0.05) is 0 Å². The zero-order valence-corrected chi connectivity index (χ0v) is 38.7. The number of rotatable bonds is 10. The normalized spacial score (nSPS) is 53.5. The van der Waals surface area contributed by atoms with Crippen LogP contribution in [0, 0.1) is 50.2 Å². The molecule has 8 aliphatic rings. The Hall–Kier alpha value is -2.21. The van der Waals surface area contributed by atoms with Crippen molar-refractivity contribution in [3.05, 3.63) is 11.6 Å². The lowest BCUT2D eigenvalue weighted by molar-refractivity contribution is -0.391. The van der Waals surface area contributed by atoms with Crippen molar-refractivity contribution in [1.82, 2.24) is 0 Å². The van der Waals surface area contributed by atoms with Gasteiger partial charge in [0.15, 0.2) is 25.0 Å². The zero-order valence-electron chi connectivity index (χ0n) is 38.7. The summed E-state index contributed by atoms with van der Waals surface area (Å²) < 4.78 is 35.9. The summed E-state index contributed by atoms with van der Waals surface area (Å²) in [5.41, 5.74) is -1.72. The van der Waals surface area contributed by atoms with Crippen LogP contribution in [0.2, 0.25) is 0 Å². The summed E-state index contributed by atoms with van der Waals surface area (Å²) in [6.07, 6.45) is -17.0. The molecule has 0 aromatic carbocycles. The molecule has 19 nitrogen and oxygen atoms in total. The summed E-state index contributed by atoms with van der Waals surface area (Å²) in [7, 11) is 0. The van der Waals surface area contributed by atoms with Crippen LogP contribution in [0.1, 0.15) is 106 Å². The molecule has 0 aromatic rings. The molecule has 0 spiro atoms. The van der Waals surface area contributed by atoms with E-state index in [1.807, 2.05) is 0 Å². The third-order valence-electron chi connectivity index (χ3n) is 18.9. The highest BCUT2D eigenvalue weighted by molar-refractivity contribution is 5.77. The van der Waals surface area contributed by atoms with Crippen LogP contribution in [-0.4, -0.2) is 175 Å². The smallest absolute Gasteiger partial charge is 0.335 e. The molecular formula is C47H72O19. The first-order chi connectivity index (χ1) is 30.8. The Balaban J connectivity index is 1.12. The maximum atomic E-state index is 13.8. The number of aliphatic hydroxyl groups is 8. The molecule has 374 valence electrons. The van der Waals surface area contributed by atoms with E-state index in [9.17, 15) is 65.4 Å². The number of carboxylic acids is 2. The van der Waals surface area contributed by atoms with E-state index in [0.717, 1.165) is 32.0 Å². The highest BCUT2D eigenvalue weighted by Gasteiger charge is 2.70. The van der Waals surface area contributed by atoms with Gasteiger partial charge in [-0.2, -0.15) is 0 Å². The van der Waals surface area contributed by atoms with Crippen molar-refractivity contribution < 1.29 is 93.9 Å². The van der Waals surface area contributed by atoms with Crippen LogP contribution >= 0.6 is 0 Å². The first kappa shape index (κ1) is 50.2. The van der Waals surface area contributed by atoms with Gasteiger partial charge in [0.05, 0.1) is 30.1 Å². The van der Waals surface area contributed by atoms with Gasteiger partial charge in [-0.3, -0.25) is 4.79 Å². The Morgan fingerprint density at radius 1 is 0.727 bits per heavy atom. The van der Waals surface area contributed by atoms with Crippen molar-refractivity contribution in [3.8, 4) is 0 Å². The third kappa shape index (κ3) is 7.65. The second-order valence-electron chi connectivity index (χ2n) is 22.7. The molecule has 0 bridgehead atoms. The highest BCUT2D eigenvalue weighted by atomic mass is 16.8. The van der Waals surface area contributed by atoms with Gasteiger partial charge >= 0.3 is 11.9 Å². The van der Waals surface area contributed by atoms with E-state index in [1.165, 1.54) is 5.57 Å². The molecule has 4 saturated carbocycles. The monoisotopic (exact) mass is 940 g/mol. The summed E-state index contributed by atoms with van der Waals surface area (Å²) in [5, 5.41) is 106. The number of carboxylic acid groups (broad SMARTS) is 2. The first-order valence-corrected chi connectivity index (χ1v) is 23.7. The number of hydrogen-bond acceptors (Lipinski definition) is 17. The fraction of sp³-hybridized carbons (Fsp3) is 0.894. The van der Waals surface area contributed by atoms with E-state index >= 15 is 0 Å². The standard InChI is InChI=1S/C47H72O19/c1-42(2)13-15-47(41(59)60)16-14-45(5)21(22(47)17-42)7-8-26-43(3)11-10-27(44(4,20-49)25(43)9-12-46(26,45)6)63-40-36(66-39-32(55)30(53)29(52)24(18-48)62-39)34(33(56)35(65-40)37(57)58)64-38-31(54)28(51)23(50)19-61-38/h7,20,22-36,38-40,48,50-56H,8-19H2,1-6H3,(H,57,58)(H,59,60)/t22-,23-,24-,25+,26-,27+,28+,29+,30+,31-,32-,33+,34+,35+,36-,38+,39+,40-,43+,44+,45-,46-,47+/m1/s1. The molecule has 19 heteroatoms. The molecule has 0 unspecified atom stereocenters. The fourth-order valence-corrected chi connectivity index (χ4v) is 14.7. The summed E-state index contributed by atoms with van der Waals surface area (Å²) >= 11 is 0. The molecule has 66 heavy (non-hydrogen) atoms. The summed E-state index contributed by atoms with van der Waals surface area (Å²) in [6, 6.07) is 0. The average molecular weight is 941 g/mol. The third-order valence-corrected chi connectivity index (χ3v) is 18.9. The molecule has 3 saturated heterocycles. The molecule has 0 amide bonds. The predicted molar refractivity (Wildman–Crippen MR) is 226 cm³/mol. The van der Waals surface area contributed by atoms with Crippen LogP contribution < -0.4 is 0 Å². The van der Waals surface area contributed by atoms with Gasteiger partial charge < -0.3 is 84.3 Å². The van der Waals surface area contributed by atoms with Gasteiger partial charge in [-0.1, -0.05) is 53.2 Å². The van der Waals surface area contributed by atoms with E-state index in [2.05, 4.69) is 40.7 Å². The van der Waals surface area contributed by atoms with Crippen LogP contribution in [0.3, 0.4) is 0 Å². The number of carbonyl (C=O) groups excluding carboxylic acids is 1. The van der Waals surface area contributed by atoms with E-state index in [0.29, 0.717) is 32.1 Å². The summed E-state index contributed by atoms with van der Waals surface area (Å²) in [5.74, 6) is -2.62. The number of aliphatic carboxylic acids is 2. The molecule has 0 aromatic heterocycles. The molecule has 10 N–H and O–H groups in total. The van der Waals surface area contributed by atoms with Gasteiger partial charge in [-0.15, -0.1) is 0 Å². The lowest BCUT2D eigenvalue weighted by atomic mass is 9.33. The maximum Gasteiger partial charge on any atom is 0.335 e. The molecule has 5 aliphatic carbocycles. The molecule has 8 rings (SSSR count). The number of ether oxygens (including phenoxy) is 6. The second-order valence-corrected chi connectivity index (χ2v) is 22.7. The van der Waals surface area contributed by atoms with Gasteiger partial charge in [0.2, 0.25) is 0 Å². The molecule has 7 fully saturated rings. The van der Waals surface area contributed by atoms with Gasteiger partial charge in [0.1, 0.15) is 67.3 Å². The number of aldehydes is 1. The number of carbonyl (C=O) groups is 3. The molecule has 3 aliphatic heterocycles. The van der Waals surface area contributed by atoms with Crippen LogP contribution in [0.25, 0.3) is 0 Å². The fourth-order valence-electron chi connectivity index (χ4n) is 14.7. The Kier molecular flexibility index (Phi) is 13.4. The first-order valence-electron chi connectivity index (χ1n) is 23.7. The molecule has 23 atom stereocenters. The van der Waals surface area contributed by atoms with Crippen LogP contribution in [0.15, 0.2) is 11.6 Å². The van der Waals surface area contributed by atoms with E-state index < -0.39 is 134 Å².